The Morgan fingerprint density at radius 2 is 1.92 bits per heavy atom. The monoisotopic (exact) mass is 355 g/mol. The van der Waals surface area contributed by atoms with Crippen LogP contribution in [0, 0.1) is 6.92 Å². The Morgan fingerprint density at radius 3 is 2.60 bits per heavy atom. The average Bonchev–Trinajstić information content (AvgIpc) is 3.04. The lowest BCUT2D eigenvalue weighted by atomic mass is 9.77. The molecule has 1 aliphatic heterocycles. The highest BCUT2D eigenvalue weighted by Crippen LogP contribution is 2.50. The number of aryl methyl sites for hydroxylation is 1. The largest absolute Gasteiger partial charge is 0.493 e. The van der Waals surface area contributed by atoms with Crippen molar-refractivity contribution in [2.45, 2.75) is 32.1 Å². The van der Waals surface area contributed by atoms with E-state index < -0.39 is 0 Å². The molecule has 0 saturated carbocycles. The van der Waals surface area contributed by atoms with E-state index in [1.807, 2.05) is 12.1 Å². The summed E-state index contributed by atoms with van der Waals surface area (Å²) in [6, 6.07) is 6.11. The molecule has 1 aromatic heterocycles. The van der Waals surface area contributed by atoms with E-state index >= 15 is 0 Å². The fourth-order valence-electron chi connectivity index (χ4n) is 3.84. The molecule has 4 nitrogen and oxygen atoms in total. The van der Waals surface area contributed by atoms with Crippen molar-refractivity contribution >= 4 is 22.8 Å². The smallest absolute Gasteiger partial charge is 0.162 e. The molecule has 25 heavy (non-hydrogen) atoms. The highest BCUT2D eigenvalue weighted by Gasteiger charge is 2.37. The van der Waals surface area contributed by atoms with Gasteiger partial charge < -0.3 is 14.8 Å². The quantitative estimate of drug-likeness (QED) is 0.871. The minimum absolute atomic E-state index is 0.0288. The fraction of sp³-hybridized carbons (Fsp3) is 0.350. The van der Waals surface area contributed by atoms with Gasteiger partial charge in [-0.15, -0.1) is 11.3 Å². The van der Waals surface area contributed by atoms with Gasteiger partial charge in [0.05, 0.1) is 20.1 Å². The lowest BCUT2D eigenvalue weighted by Crippen LogP contribution is -2.26. The van der Waals surface area contributed by atoms with Crippen molar-refractivity contribution in [2.75, 3.05) is 19.5 Å². The summed E-state index contributed by atoms with van der Waals surface area (Å²) in [5.74, 6) is 1.61. The van der Waals surface area contributed by atoms with Gasteiger partial charge >= 0.3 is 0 Å². The number of ketones is 1. The van der Waals surface area contributed by atoms with Crippen molar-refractivity contribution < 1.29 is 14.3 Å². The molecule has 1 aromatic carbocycles. The van der Waals surface area contributed by atoms with Crippen molar-refractivity contribution in [1.82, 2.24) is 0 Å². The number of hydrogen-bond acceptors (Lipinski definition) is 5. The van der Waals surface area contributed by atoms with Crippen LogP contribution in [0.3, 0.4) is 0 Å². The molecule has 130 valence electrons. The Kier molecular flexibility index (Phi) is 4.04. The van der Waals surface area contributed by atoms with E-state index in [0.29, 0.717) is 17.9 Å². The highest BCUT2D eigenvalue weighted by atomic mass is 32.1. The lowest BCUT2D eigenvalue weighted by molar-refractivity contribution is -0.116. The van der Waals surface area contributed by atoms with Crippen LogP contribution in [0.1, 0.15) is 41.2 Å². The zero-order chi connectivity index (χ0) is 17.6. The maximum Gasteiger partial charge on any atom is 0.162 e. The van der Waals surface area contributed by atoms with Crippen LogP contribution >= 0.6 is 11.3 Å². The van der Waals surface area contributed by atoms with Gasteiger partial charge in [0.1, 0.15) is 0 Å². The first-order valence-corrected chi connectivity index (χ1v) is 9.35. The number of allylic oxidation sites excluding steroid dienone is 2. The fourth-order valence-corrected chi connectivity index (χ4v) is 4.89. The predicted molar refractivity (Wildman–Crippen MR) is 100.0 cm³/mol. The third kappa shape index (κ3) is 2.54. The first-order valence-electron chi connectivity index (χ1n) is 8.47. The van der Waals surface area contributed by atoms with E-state index in [4.69, 9.17) is 9.47 Å². The summed E-state index contributed by atoms with van der Waals surface area (Å²) < 4.78 is 11.0. The SMILES string of the molecule is COc1cc2c(cc1OC)[C@@H](c1sccc1C)C1=C(CCCC1=O)N2. The molecular formula is C20H21NO3S. The number of carbonyl (C=O) groups is 1. The second-order valence-corrected chi connectivity index (χ2v) is 7.44. The normalized spacial score (nSPS) is 19.2. The maximum atomic E-state index is 12.8. The number of Topliss-reactive ketones (excluding diaryl/α,β-unsaturated/α-hetero) is 1. The molecule has 0 unspecified atom stereocenters. The van der Waals surface area contributed by atoms with Gasteiger partial charge in [0, 0.05) is 34.3 Å². The number of fused-ring (bicyclic) bond motifs is 1. The number of carbonyl (C=O) groups excluding carboxylic acids is 1. The van der Waals surface area contributed by atoms with E-state index in [9.17, 15) is 4.79 Å². The van der Waals surface area contributed by atoms with E-state index in [2.05, 4.69) is 23.7 Å². The Morgan fingerprint density at radius 1 is 1.16 bits per heavy atom. The van der Waals surface area contributed by atoms with Crippen molar-refractivity contribution in [1.29, 1.82) is 0 Å². The third-order valence-electron chi connectivity index (χ3n) is 5.06. The van der Waals surface area contributed by atoms with Crippen molar-refractivity contribution in [3.05, 3.63) is 50.9 Å². The summed E-state index contributed by atoms with van der Waals surface area (Å²) in [6.07, 6.45) is 2.45. The highest BCUT2D eigenvalue weighted by molar-refractivity contribution is 7.10. The molecule has 0 saturated heterocycles. The standard InChI is InChI=1S/C20H21NO3S/c1-11-7-8-25-20(11)18-12-9-16(23-2)17(24-3)10-14(12)21-13-5-4-6-15(22)19(13)18/h7-10,18,21H,4-6H2,1-3H3/t18-/m1/s1. The van der Waals surface area contributed by atoms with Gasteiger partial charge in [0.25, 0.3) is 0 Å². The zero-order valence-corrected chi connectivity index (χ0v) is 15.5. The molecule has 4 rings (SSSR count). The summed E-state index contributed by atoms with van der Waals surface area (Å²) in [6.45, 7) is 2.11. The average molecular weight is 355 g/mol. The molecule has 1 atom stereocenters. The van der Waals surface area contributed by atoms with Crippen LogP contribution in [0.4, 0.5) is 5.69 Å². The van der Waals surface area contributed by atoms with Crippen molar-refractivity contribution in [2.24, 2.45) is 0 Å². The van der Waals surface area contributed by atoms with Gasteiger partial charge in [0.15, 0.2) is 17.3 Å². The number of hydrogen-bond donors (Lipinski definition) is 1. The zero-order valence-electron chi connectivity index (χ0n) is 14.6. The second-order valence-electron chi connectivity index (χ2n) is 6.49. The van der Waals surface area contributed by atoms with Crippen LogP contribution in [0.2, 0.25) is 0 Å². The summed E-state index contributed by atoms with van der Waals surface area (Å²) >= 11 is 1.71. The van der Waals surface area contributed by atoms with Gasteiger partial charge in [-0.2, -0.15) is 0 Å². The van der Waals surface area contributed by atoms with Crippen molar-refractivity contribution in [3.8, 4) is 11.5 Å². The topological polar surface area (TPSA) is 47.6 Å². The van der Waals surface area contributed by atoms with E-state index in [1.54, 1.807) is 25.6 Å². The number of rotatable bonds is 3. The summed E-state index contributed by atoms with van der Waals surface area (Å²) in [7, 11) is 3.28. The molecule has 0 fully saturated rings. The second kappa shape index (κ2) is 6.23. The number of nitrogens with one attached hydrogen (secondary N) is 1. The van der Waals surface area contributed by atoms with Gasteiger partial charge in [-0.25, -0.2) is 0 Å². The molecule has 0 bridgehead atoms. The molecule has 1 aliphatic carbocycles. The van der Waals surface area contributed by atoms with Gasteiger partial charge in [-0.05, 0) is 48.4 Å². The van der Waals surface area contributed by atoms with Gasteiger partial charge in [0.2, 0.25) is 0 Å². The predicted octanol–water partition coefficient (Wildman–Crippen LogP) is 4.64. The Hall–Kier alpha value is -2.27. The first-order chi connectivity index (χ1) is 12.1. The number of thiophene rings is 1. The van der Waals surface area contributed by atoms with E-state index in [0.717, 1.165) is 35.4 Å². The Bertz CT molecular complexity index is 881. The minimum atomic E-state index is -0.0288. The maximum absolute atomic E-state index is 12.8. The third-order valence-corrected chi connectivity index (χ3v) is 6.14. The lowest BCUT2D eigenvalue weighted by Gasteiger charge is -2.34. The molecule has 0 radical (unpaired) electrons. The molecule has 5 heteroatoms. The van der Waals surface area contributed by atoms with Crippen LogP contribution < -0.4 is 14.8 Å². The number of anilines is 1. The van der Waals surface area contributed by atoms with Crippen LogP contribution in [0.15, 0.2) is 34.8 Å². The molecule has 1 N–H and O–H groups in total. The van der Waals surface area contributed by atoms with Crippen LogP contribution in [-0.2, 0) is 4.79 Å². The number of methoxy groups -OCH3 is 2. The number of ether oxygens (including phenoxy) is 2. The summed E-state index contributed by atoms with van der Waals surface area (Å²) in [5, 5.41) is 5.59. The van der Waals surface area contributed by atoms with Crippen molar-refractivity contribution in [3.63, 3.8) is 0 Å². The van der Waals surface area contributed by atoms with Crippen LogP contribution in [0.5, 0.6) is 11.5 Å². The number of benzene rings is 1. The van der Waals surface area contributed by atoms with Crippen LogP contribution in [0.25, 0.3) is 0 Å². The molecule has 0 spiro atoms. The molecule has 2 aromatic rings. The van der Waals surface area contributed by atoms with E-state index in [-0.39, 0.29) is 11.7 Å². The minimum Gasteiger partial charge on any atom is -0.493 e. The molecule has 2 aliphatic rings. The molecule has 0 amide bonds. The Balaban J connectivity index is 1.97. The van der Waals surface area contributed by atoms with Crippen LogP contribution in [-0.4, -0.2) is 20.0 Å². The van der Waals surface area contributed by atoms with E-state index in [1.165, 1.54) is 10.4 Å². The molecular weight excluding hydrogens is 334 g/mol. The first kappa shape index (κ1) is 16.2. The summed E-state index contributed by atoms with van der Waals surface area (Å²) in [5.41, 5.74) is 5.30. The molecule has 2 heterocycles. The van der Waals surface area contributed by atoms with Gasteiger partial charge in [-0.1, -0.05) is 0 Å². The van der Waals surface area contributed by atoms with Gasteiger partial charge in [-0.3, -0.25) is 4.79 Å². The summed E-state index contributed by atoms with van der Waals surface area (Å²) in [4.78, 5) is 14.0. The Labute approximate surface area is 151 Å².